The third-order valence-electron chi connectivity index (χ3n) is 5.60. The van der Waals surface area contributed by atoms with E-state index in [0.717, 1.165) is 16.8 Å². The van der Waals surface area contributed by atoms with E-state index >= 15 is 0 Å². The molecule has 5 rings (SSSR count). The molecule has 2 N–H and O–H groups in total. The zero-order valence-electron chi connectivity index (χ0n) is 17.6. The fraction of sp³-hybridized carbons (Fsp3) is 0.292. The topological polar surface area (TPSA) is 94.6 Å². The standard InChI is InChI=1S/C24H24N4O4/c1-15-7-9-17(10-8-15)26-24(29)32-20-14-31-21-19(13-30-22(20)21)28-23-25-12-11-18(27-23)16-5-3-2-4-6-16/h2-12,19-22H,13-14H2,1H3,(H,26,29)(H,25,27,28). The molecule has 2 aromatic carbocycles. The molecule has 2 fully saturated rings. The number of nitrogens with zero attached hydrogens (tertiary/aromatic N) is 2. The maximum atomic E-state index is 12.3. The van der Waals surface area contributed by atoms with Crippen LogP contribution in [-0.2, 0) is 14.2 Å². The number of fused-ring (bicyclic) bond motifs is 1. The van der Waals surface area contributed by atoms with Crippen molar-refractivity contribution in [3.8, 4) is 11.3 Å². The Morgan fingerprint density at radius 3 is 2.59 bits per heavy atom. The van der Waals surface area contributed by atoms with Gasteiger partial charge in [0.25, 0.3) is 0 Å². The molecule has 0 bridgehead atoms. The highest BCUT2D eigenvalue weighted by molar-refractivity contribution is 5.84. The molecule has 164 valence electrons. The maximum Gasteiger partial charge on any atom is 0.412 e. The van der Waals surface area contributed by atoms with Crippen LogP contribution in [0.15, 0.2) is 66.9 Å². The van der Waals surface area contributed by atoms with E-state index in [1.165, 1.54) is 0 Å². The van der Waals surface area contributed by atoms with Crippen LogP contribution in [0, 0.1) is 6.92 Å². The van der Waals surface area contributed by atoms with Crippen LogP contribution in [0.3, 0.4) is 0 Å². The van der Waals surface area contributed by atoms with Crippen LogP contribution < -0.4 is 10.6 Å². The average Bonchev–Trinajstić information content (AvgIpc) is 3.39. The van der Waals surface area contributed by atoms with Gasteiger partial charge in [-0.25, -0.2) is 14.8 Å². The van der Waals surface area contributed by atoms with Crippen molar-refractivity contribution in [3.05, 3.63) is 72.4 Å². The van der Waals surface area contributed by atoms with Crippen molar-refractivity contribution in [1.29, 1.82) is 0 Å². The Labute approximate surface area is 185 Å². The van der Waals surface area contributed by atoms with Gasteiger partial charge in [0.15, 0.2) is 6.10 Å². The van der Waals surface area contributed by atoms with Gasteiger partial charge in [0, 0.05) is 17.4 Å². The van der Waals surface area contributed by atoms with E-state index in [-0.39, 0.29) is 24.9 Å². The fourth-order valence-corrected chi connectivity index (χ4v) is 3.97. The highest BCUT2D eigenvalue weighted by Gasteiger charge is 2.49. The molecule has 3 aromatic rings. The van der Waals surface area contributed by atoms with Crippen LogP contribution >= 0.6 is 0 Å². The number of carbonyl (C=O) groups is 1. The van der Waals surface area contributed by atoms with Gasteiger partial charge < -0.3 is 19.5 Å². The summed E-state index contributed by atoms with van der Waals surface area (Å²) in [6.07, 6.45) is 0.127. The number of benzene rings is 2. The third-order valence-corrected chi connectivity index (χ3v) is 5.60. The number of carbonyl (C=O) groups excluding carboxylic acids is 1. The Morgan fingerprint density at radius 2 is 1.78 bits per heavy atom. The van der Waals surface area contributed by atoms with Gasteiger partial charge in [0.2, 0.25) is 5.95 Å². The lowest BCUT2D eigenvalue weighted by molar-refractivity contribution is 0.00917. The Bertz CT molecular complexity index is 1080. The molecule has 32 heavy (non-hydrogen) atoms. The van der Waals surface area contributed by atoms with Gasteiger partial charge >= 0.3 is 6.09 Å². The highest BCUT2D eigenvalue weighted by atomic mass is 16.6. The number of rotatable bonds is 5. The maximum absolute atomic E-state index is 12.3. The monoisotopic (exact) mass is 432 g/mol. The number of aromatic nitrogens is 2. The van der Waals surface area contributed by atoms with Gasteiger partial charge in [-0.2, -0.15) is 0 Å². The molecule has 0 spiro atoms. The average molecular weight is 432 g/mol. The summed E-state index contributed by atoms with van der Waals surface area (Å²) in [6.45, 7) is 2.68. The third kappa shape index (κ3) is 4.42. The van der Waals surface area contributed by atoms with Gasteiger partial charge in [-0.05, 0) is 25.1 Å². The fourth-order valence-electron chi connectivity index (χ4n) is 3.97. The second kappa shape index (κ2) is 8.94. The molecule has 4 unspecified atom stereocenters. The van der Waals surface area contributed by atoms with Crippen molar-refractivity contribution in [2.45, 2.75) is 31.3 Å². The summed E-state index contributed by atoms with van der Waals surface area (Å²) in [4.78, 5) is 21.3. The van der Waals surface area contributed by atoms with Crippen molar-refractivity contribution in [2.24, 2.45) is 0 Å². The smallest absolute Gasteiger partial charge is 0.412 e. The van der Waals surface area contributed by atoms with E-state index in [9.17, 15) is 4.79 Å². The number of anilines is 2. The van der Waals surface area contributed by atoms with E-state index in [1.54, 1.807) is 6.20 Å². The number of ether oxygens (including phenoxy) is 3. The lowest BCUT2D eigenvalue weighted by Crippen LogP contribution is -2.38. The van der Waals surface area contributed by atoms with E-state index in [2.05, 4.69) is 20.6 Å². The minimum Gasteiger partial charge on any atom is -0.441 e. The zero-order valence-corrected chi connectivity index (χ0v) is 17.6. The molecule has 0 saturated carbocycles. The molecule has 3 heterocycles. The van der Waals surface area contributed by atoms with Crippen LogP contribution in [0.25, 0.3) is 11.3 Å². The molecule has 0 aliphatic carbocycles. The summed E-state index contributed by atoms with van der Waals surface area (Å²) >= 11 is 0. The van der Waals surface area contributed by atoms with E-state index in [1.807, 2.05) is 67.6 Å². The van der Waals surface area contributed by atoms with Gasteiger partial charge in [-0.3, -0.25) is 5.32 Å². The van der Waals surface area contributed by atoms with Crippen LogP contribution in [0.4, 0.5) is 16.4 Å². The lowest BCUT2D eigenvalue weighted by Gasteiger charge is -2.18. The van der Waals surface area contributed by atoms with Crippen molar-refractivity contribution < 1.29 is 19.0 Å². The summed E-state index contributed by atoms with van der Waals surface area (Å²) in [5.41, 5.74) is 3.65. The van der Waals surface area contributed by atoms with Crippen molar-refractivity contribution in [2.75, 3.05) is 23.8 Å². The normalized spacial score (nSPS) is 24.0. The van der Waals surface area contributed by atoms with Crippen LogP contribution in [0.5, 0.6) is 0 Å². The molecule has 8 heteroatoms. The van der Waals surface area contributed by atoms with E-state index in [4.69, 9.17) is 14.2 Å². The van der Waals surface area contributed by atoms with Crippen molar-refractivity contribution >= 4 is 17.7 Å². The predicted molar refractivity (Wildman–Crippen MR) is 119 cm³/mol. The molecule has 2 aliphatic rings. The Hall–Kier alpha value is -3.49. The van der Waals surface area contributed by atoms with E-state index < -0.39 is 12.2 Å². The summed E-state index contributed by atoms with van der Waals surface area (Å²) in [6, 6.07) is 19.2. The number of nitrogens with one attached hydrogen (secondary N) is 2. The quantitative estimate of drug-likeness (QED) is 0.636. The summed E-state index contributed by atoms with van der Waals surface area (Å²) in [5.74, 6) is 0.505. The number of aryl methyl sites for hydroxylation is 1. The minimum atomic E-state index is -0.526. The molecule has 2 aliphatic heterocycles. The Balaban J connectivity index is 1.19. The van der Waals surface area contributed by atoms with Crippen LogP contribution in [-0.4, -0.2) is 53.6 Å². The second-order valence-electron chi connectivity index (χ2n) is 7.91. The molecule has 1 aromatic heterocycles. The van der Waals surface area contributed by atoms with Crippen LogP contribution in [0.2, 0.25) is 0 Å². The molecule has 1 amide bonds. The largest absolute Gasteiger partial charge is 0.441 e. The van der Waals surface area contributed by atoms with E-state index in [0.29, 0.717) is 18.2 Å². The minimum absolute atomic E-state index is 0.139. The summed E-state index contributed by atoms with van der Waals surface area (Å²) in [5, 5.41) is 6.05. The molecule has 8 nitrogen and oxygen atoms in total. The summed E-state index contributed by atoms with van der Waals surface area (Å²) in [7, 11) is 0. The predicted octanol–water partition coefficient (Wildman–Crippen LogP) is 3.65. The molecule has 4 atom stereocenters. The van der Waals surface area contributed by atoms with Gasteiger partial charge in [-0.1, -0.05) is 48.0 Å². The highest BCUT2D eigenvalue weighted by Crippen LogP contribution is 2.30. The van der Waals surface area contributed by atoms with Crippen LogP contribution in [0.1, 0.15) is 5.56 Å². The number of amides is 1. The van der Waals surface area contributed by atoms with Gasteiger partial charge in [-0.15, -0.1) is 0 Å². The second-order valence-corrected chi connectivity index (χ2v) is 7.91. The Morgan fingerprint density at radius 1 is 1.00 bits per heavy atom. The molecule has 2 saturated heterocycles. The SMILES string of the molecule is Cc1ccc(NC(=O)OC2COC3C(Nc4nccc(-c5ccccc5)n4)COC23)cc1. The first-order chi connectivity index (χ1) is 15.7. The lowest BCUT2D eigenvalue weighted by atomic mass is 10.1. The molecular weight excluding hydrogens is 408 g/mol. The zero-order chi connectivity index (χ0) is 21.9. The Kier molecular flexibility index (Phi) is 5.70. The van der Waals surface area contributed by atoms with Crippen molar-refractivity contribution in [3.63, 3.8) is 0 Å². The van der Waals surface area contributed by atoms with Gasteiger partial charge in [0.1, 0.15) is 12.2 Å². The van der Waals surface area contributed by atoms with Gasteiger partial charge in [0.05, 0.1) is 24.9 Å². The first-order valence-electron chi connectivity index (χ1n) is 10.6. The number of hydrogen-bond donors (Lipinski definition) is 2. The molecular formula is C24H24N4O4. The molecule has 0 radical (unpaired) electrons. The first-order valence-corrected chi connectivity index (χ1v) is 10.6. The first kappa shape index (κ1) is 20.4. The number of hydrogen-bond acceptors (Lipinski definition) is 7. The van der Waals surface area contributed by atoms with Crippen molar-refractivity contribution in [1.82, 2.24) is 9.97 Å². The summed E-state index contributed by atoms with van der Waals surface area (Å²) < 4.78 is 17.4.